The number of nitrogens with zero attached hydrogens (tertiary/aromatic N) is 2. The maximum Gasteiger partial charge on any atom is 0.328 e. The van der Waals surface area contributed by atoms with E-state index in [-0.39, 0.29) is 17.6 Å². The minimum absolute atomic E-state index is 0.0371. The maximum atomic E-state index is 11.7. The van der Waals surface area contributed by atoms with Crippen molar-refractivity contribution in [3.05, 3.63) is 11.8 Å². The van der Waals surface area contributed by atoms with E-state index in [9.17, 15) is 9.59 Å². The van der Waals surface area contributed by atoms with Gasteiger partial charge in [-0.1, -0.05) is 0 Å². The van der Waals surface area contributed by atoms with Gasteiger partial charge in [0.2, 0.25) is 5.91 Å². The molecule has 2 rings (SSSR count). The average Bonchev–Trinajstić information content (AvgIpc) is 2.75. The summed E-state index contributed by atoms with van der Waals surface area (Å²) in [7, 11) is 1.29. The first-order valence-electron chi connectivity index (χ1n) is 5.72. The molecule has 2 aliphatic heterocycles. The summed E-state index contributed by atoms with van der Waals surface area (Å²) in [5, 5.41) is 8.82. The lowest BCUT2D eigenvalue weighted by atomic mass is 9.98. The number of esters is 1. The van der Waals surface area contributed by atoms with E-state index in [1.165, 1.54) is 18.9 Å². The molecule has 1 saturated heterocycles. The molecule has 0 radical (unpaired) electrons. The molecule has 0 aromatic rings. The highest BCUT2D eigenvalue weighted by molar-refractivity contribution is 5.84. The number of carbonyl (C=O) groups excluding carboxylic acids is 2. The number of amides is 1. The summed E-state index contributed by atoms with van der Waals surface area (Å²) in [6, 6.07) is 1.30. The van der Waals surface area contributed by atoms with Crippen LogP contribution >= 0.6 is 0 Å². The van der Waals surface area contributed by atoms with Crippen LogP contribution in [-0.4, -0.2) is 36.2 Å². The highest BCUT2D eigenvalue weighted by Gasteiger charge is 2.49. The number of likely N-dealkylation sites (tertiary alicyclic amines) is 1. The molecule has 0 bridgehead atoms. The Labute approximate surface area is 105 Å². The Bertz CT molecular complexity index is 451. The van der Waals surface area contributed by atoms with E-state index in [0.717, 1.165) is 0 Å². The third kappa shape index (κ3) is 1.92. The van der Waals surface area contributed by atoms with Crippen LogP contribution in [0.25, 0.3) is 0 Å². The van der Waals surface area contributed by atoms with Gasteiger partial charge in [-0.2, -0.15) is 5.26 Å². The van der Waals surface area contributed by atoms with Gasteiger partial charge in [-0.3, -0.25) is 9.69 Å². The van der Waals surface area contributed by atoms with Gasteiger partial charge in [0.1, 0.15) is 12.1 Å². The topological polar surface area (TPSA) is 79.6 Å². The van der Waals surface area contributed by atoms with Crippen LogP contribution in [0.15, 0.2) is 11.8 Å². The number of hydrogen-bond acceptors (Lipinski definition) is 5. The molecule has 0 saturated carbocycles. The van der Waals surface area contributed by atoms with E-state index < -0.39 is 18.2 Å². The van der Waals surface area contributed by atoms with E-state index in [2.05, 4.69) is 0 Å². The number of methoxy groups -OCH3 is 1. The first kappa shape index (κ1) is 12.4. The quantitative estimate of drug-likeness (QED) is 0.635. The van der Waals surface area contributed by atoms with E-state index >= 15 is 0 Å². The van der Waals surface area contributed by atoms with Gasteiger partial charge in [0, 0.05) is 12.8 Å². The number of rotatable bonds is 1. The van der Waals surface area contributed by atoms with Crippen LogP contribution < -0.4 is 0 Å². The smallest absolute Gasteiger partial charge is 0.328 e. The monoisotopic (exact) mass is 250 g/mol. The van der Waals surface area contributed by atoms with Crippen LogP contribution in [0.5, 0.6) is 0 Å². The number of allylic oxidation sites excluding steroid dienone is 2. The summed E-state index contributed by atoms with van der Waals surface area (Å²) in [5.74, 6) is -0.457. The van der Waals surface area contributed by atoms with Gasteiger partial charge in [-0.05, 0) is 18.9 Å². The predicted molar refractivity (Wildman–Crippen MR) is 59.6 cm³/mol. The van der Waals surface area contributed by atoms with E-state index in [4.69, 9.17) is 14.7 Å². The molecular weight excluding hydrogens is 236 g/mol. The van der Waals surface area contributed by atoms with Crippen molar-refractivity contribution in [2.75, 3.05) is 7.11 Å². The Morgan fingerprint density at radius 2 is 2.33 bits per heavy atom. The summed E-state index contributed by atoms with van der Waals surface area (Å²) in [6.45, 7) is 1.38. The van der Waals surface area contributed by atoms with Crippen LogP contribution in [0.3, 0.4) is 0 Å². The fraction of sp³-hybridized carbons (Fsp3) is 0.583. The molecule has 0 aromatic carbocycles. The summed E-state index contributed by atoms with van der Waals surface area (Å²) in [4.78, 5) is 24.7. The Morgan fingerprint density at radius 1 is 1.61 bits per heavy atom. The van der Waals surface area contributed by atoms with Crippen LogP contribution in [0.2, 0.25) is 0 Å². The number of fused-ring (bicyclic) bond motifs is 1. The molecule has 0 aliphatic carbocycles. The number of nitriles is 1. The normalized spacial score (nSPS) is 29.7. The number of ether oxygens (including phenoxy) is 2. The Hall–Kier alpha value is -2.03. The number of hydrogen-bond donors (Lipinski definition) is 0. The average molecular weight is 250 g/mol. The van der Waals surface area contributed by atoms with Gasteiger partial charge < -0.3 is 9.47 Å². The second-order valence-electron chi connectivity index (χ2n) is 4.39. The van der Waals surface area contributed by atoms with Crippen molar-refractivity contribution >= 4 is 11.9 Å². The minimum atomic E-state index is -0.617. The summed E-state index contributed by atoms with van der Waals surface area (Å²) < 4.78 is 10.2. The molecule has 2 heterocycles. The lowest BCUT2D eigenvalue weighted by Crippen LogP contribution is -2.46. The molecule has 0 spiro atoms. The summed E-state index contributed by atoms with van der Waals surface area (Å²) >= 11 is 0. The van der Waals surface area contributed by atoms with Gasteiger partial charge in [-0.15, -0.1) is 0 Å². The molecule has 2 aliphatic rings. The Balaban J connectivity index is 2.25. The van der Waals surface area contributed by atoms with Crippen LogP contribution in [0.1, 0.15) is 19.8 Å². The van der Waals surface area contributed by atoms with Crippen molar-refractivity contribution in [3.63, 3.8) is 0 Å². The second kappa shape index (κ2) is 4.69. The zero-order valence-corrected chi connectivity index (χ0v) is 10.3. The van der Waals surface area contributed by atoms with E-state index in [1.54, 1.807) is 6.08 Å². The van der Waals surface area contributed by atoms with Crippen LogP contribution in [0.4, 0.5) is 0 Å². The van der Waals surface area contributed by atoms with Crippen molar-refractivity contribution in [2.24, 2.45) is 5.92 Å². The van der Waals surface area contributed by atoms with Gasteiger partial charge in [0.25, 0.3) is 0 Å². The van der Waals surface area contributed by atoms with Gasteiger partial charge in [0.05, 0.1) is 7.11 Å². The maximum absolute atomic E-state index is 11.7. The SMILES string of the molecule is COC(=O)[C@@H]1C[C@@H]2CC=C(C#N)O[C@H]2N1C(C)=O. The van der Waals surface area contributed by atoms with Crippen molar-refractivity contribution in [1.82, 2.24) is 4.90 Å². The lowest BCUT2D eigenvalue weighted by molar-refractivity contribution is -0.157. The van der Waals surface area contributed by atoms with Gasteiger partial charge in [-0.25, -0.2) is 4.79 Å². The first-order valence-corrected chi connectivity index (χ1v) is 5.72. The highest BCUT2D eigenvalue weighted by atomic mass is 16.5. The Kier molecular flexibility index (Phi) is 3.24. The number of carbonyl (C=O) groups is 2. The molecule has 6 nitrogen and oxygen atoms in total. The van der Waals surface area contributed by atoms with E-state index in [0.29, 0.717) is 12.8 Å². The molecule has 1 amide bonds. The highest BCUT2D eigenvalue weighted by Crippen LogP contribution is 2.38. The van der Waals surface area contributed by atoms with Crippen LogP contribution in [0, 0.1) is 17.2 Å². The molecule has 3 atom stereocenters. The molecule has 0 unspecified atom stereocenters. The fourth-order valence-electron chi connectivity index (χ4n) is 2.54. The molecule has 18 heavy (non-hydrogen) atoms. The fourth-order valence-corrected chi connectivity index (χ4v) is 2.54. The predicted octanol–water partition coefficient (Wildman–Crippen LogP) is 0.550. The standard InChI is InChI=1S/C12H14N2O4/c1-7(15)14-10(12(16)17-2)5-8-3-4-9(6-13)18-11(8)14/h4,8,10-11H,3,5H2,1-2H3/t8-,10-,11+/m0/s1. The summed E-state index contributed by atoms with van der Waals surface area (Å²) in [6.07, 6.45) is 2.29. The third-order valence-corrected chi connectivity index (χ3v) is 3.34. The Morgan fingerprint density at radius 3 is 2.89 bits per heavy atom. The van der Waals surface area contributed by atoms with Crippen molar-refractivity contribution < 1.29 is 19.1 Å². The molecule has 0 N–H and O–H groups in total. The van der Waals surface area contributed by atoms with Crippen molar-refractivity contribution in [3.8, 4) is 6.07 Å². The molecule has 1 fully saturated rings. The first-order chi connectivity index (χ1) is 8.58. The van der Waals surface area contributed by atoms with E-state index in [1.807, 2.05) is 6.07 Å². The van der Waals surface area contributed by atoms with Crippen molar-refractivity contribution in [2.45, 2.75) is 32.0 Å². The largest absolute Gasteiger partial charge is 0.467 e. The zero-order valence-electron chi connectivity index (χ0n) is 10.3. The van der Waals surface area contributed by atoms with Gasteiger partial charge >= 0.3 is 5.97 Å². The molecular formula is C12H14N2O4. The van der Waals surface area contributed by atoms with Crippen LogP contribution in [-0.2, 0) is 19.1 Å². The summed E-state index contributed by atoms with van der Waals surface area (Å²) in [5.41, 5.74) is 0. The zero-order chi connectivity index (χ0) is 13.3. The molecule has 96 valence electrons. The molecule has 0 aromatic heterocycles. The lowest BCUT2D eigenvalue weighted by Gasteiger charge is -2.31. The third-order valence-electron chi connectivity index (χ3n) is 3.34. The minimum Gasteiger partial charge on any atom is -0.467 e. The van der Waals surface area contributed by atoms with Crippen molar-refractivity contribution in [1.29, 1.82) is 5.26 Å². The second-order valence-corrected chi connectivity index (χ2v) is 4.39. The van der Waals surface area contributed by atoms with Gasteiger partial charge in [0.15, 0.2) is 12.0 Å². The molecule has 6 heteroatoms.